The highest BCUT2D eigenvalue weighted by Gasteiger charge is 2.37. The normalized spacial score (nSPS) is 10.9. The third kappa shape index (κ3) is 2.50. The van der Waals surface area contributed by atoms with Crippen LogP contribution >= 0.6 is 0 Å². The smallest absolute Gasteiger partial charge is 0.436 e. The Labute approximate surface area is 88.0 Å². The average molecular weight is 233 g/mol. The van der Waals surface area contributed by atoms with Crippen molar-refractivity contribution in [3.05, 3.63) is 17.5 Å². The Hall–Kier alpha value is -2.04. The van der Waals surface area contributed by atoms with Gasteiger partial charge >= 0.3 is 12.1 Å². The molecule has 0 aliphatic carbocycles. The van der Waals surface area contributed by atoms with Gasteiger partial charge in [0.25, 0.3) is 0 Å². The molecule has 1 aromatic heterocycles. The van der Waals surface area contributed by atoms with Gasteiger partial charge in [0.05, 0.1) is 7.11 Å². The molecule has 0 N–H and O–H groups in total. The van der Waals surface area contributed by atoms with E-state index in [-0.39, 0.29) is 0 Å². The SMILES string of the molecule is COC(=O)Cn1cc(C#N)c(C(F)(F)F)n1. The van der Waals surface area contributed by atoms with Crippen molar-refractivity contribution in [3.8, 4) is 6.07 Å². The van der Waals surface area contributed by atoms with Crippen LogP contribution in [0.4, 0.5) is 13.2 Å². The van der Waals surface area contributed by atoms with Gasteiger partial charge in [-0.2, -0.15) is 23.5 Å². The number of ether oxygens (including phenoxy) is 1. The Kier molecular flexibility index (Phi) is 3.17. The van der Waals surface area contributed by atoms with E-state index in [4.69, 9.17) is 5.26 Å². The minimum Gasteiger partial charge on any atom is -0.468 e. The fraction of sp³-hybridized carbons (Fsp3) is 0.375. The van der Waals surface area contributed by atoms with Crippen LogP contribution in [-0.4, -0.2) is 22.9 Å². The van der Waals surface area contributed by atoms with Gasteiger partial charge in [-0.3, -0.25) is 9.48 Å². The first kappa shape index (κ1) is 12.0. The van der Waals surface area contributed by atoms with E-state index >= 15 is 0 Å². The quantitative estimate of drug-likeness (QED) is 0.713. The number of carbonyl (C=O) groups is 1. The molecule has 0 saturated carbocycles. The minimum absolute atomic E-state index is 0.471. The lowest BCUT2D eigenvalue weighted by atomic mass is 10.3. The van der Waals surface area contributed by atoms with Crippen molar-refractivity contribution in [1.29, 1.82) is 5.26 Å². The van der Waals surface area contributed by atoms with Crippen molar-refractivity contribution in [2.45, 2.75) is 12.7 Å². The van der Waals surface area contributed by atoms with Crippen molar-refractivity contribution in [3.63, 3.8) is 0 Å². The Morgan fingerprint density at radius 1 is 1.69 bits per heavy atom. The summed E-state index contributed by atoms with van der Waals surface area (Å²) in [5.41, 5.74) is -1.93. The molecule has 0 spiro atoms. The van der Waals surface area contributed by atoms with Crippen molar-refractivity contribution in [2.24, 2.45) is 0 Å². The van der Waals surface area contributed by atoms with Gasteiger partial charge in [0.2, 0.25) is 0 Å². The second-order valence-electron chi connectivity index (χ2n) is 2.77. The molecule has 1 heterocycles. The molecule has 1 rings (SSSR count). The molecule has 0 bridgehead atoms. The summed E-state index contributed by atoms with van der Waals surface area (Å²) >= 11 is 0. The molecule has 0 radical (unpaired) electrons. The fourth-order valence-corrected chi connectivity index (χ4v) is 0.990. The number of rotatable bonds is 2. The third-order valence-corrected chi connectivity index (χ3v) is 1.67. The maximum Gasteiger partial charge on any atom is 0.436 e. The Balaban J connectivity index is 3.05. The summed E-state index contributed by atoms with van der Waals surface area (Å²) in [4.78, 5) is 10.8. The molecule has 0 aliphatic heterocycles. The van der Waals surface area contributed by atoms with Crippen molar-refractivity contribution in [1.82, 2.24) is 9.78 Å². The number of alkyl halides is 3. The number of hydrogen-bond donors (Lipinski definition) is 0. The summed E-state index contributed by atoms with van der Waals surface area (Å²) in [6, 6.07) is 1.36. The summed E-state index contributed by atoms with van der Waals surface area (Å²) in [5.74, 6) is -0.749. The molecule has 0 saturated heterocycles. The van der Waals surface area contributed by atoms with Crippen molar-refractivity contribution in [2.75, 3.05) is 7.11 Å². The Morgan fingerprint density at radius 2 is 2.31 bits per heavy atom. The van der Waals surface area contributed by atoms with E-state index in [9.17, 15) is 18.0 Å². The number of halogens is 3. The van der Waals surface area contributed by atoms with Gasteiger partial charge in [-0.15, -0.1) is 0 Å². The molecule has 0 fully saturated rings. The van der Waals surface area contributed by atoms with Gasteiger partial charge in [0.1, 0.15) is 18.2 Å². The third-order valence-electron chi connectivity index (χ3n) is 1.67. The minimum atomic E-state index is -4.72. The van der Waals surface area contributed by atoms with Gasteiger partial charge in [-0.05, 0) is 0 Å². The molecular weight excluding hydrogens is 227 g/mol. The summed E-state index contributed by atoms with van der Waals surface area (Å²) in [6.45, 7) is -0.471. The van der Waals surface area contributed by atoms with Gasteiger partial charge < -0.3 is 4.74 Å². The molecule has 86 valence electrons. The lowest BCUT2D eigenvalue weighted by Crippen LogP contribution is -2.14. The average Bonchev–Trinajstić information content (AvgIpc) is 2.60. The lowest BCUT2D eigenvalue weighted by Gasteiger charge is -2.02. The molecule has 0 aliphatic rings. The van der Waals surface area contributed by atoms with Crippen LogP contribution in [-0.2, 0) is 22.3 Å². The van der Waals surface area contributed by atoms with Gasteiger partial charge in [-0.25, -0.2) is 0 Å². The maximum atomic E-state index is 12.3. The van der Waals surface area contributed by atoms with E-state index < -0.39 is 29.9 Å². The standard InChI is InChI=1S/C8H6F3N3O2/c1-16-6(15)4-14-3-5(2-12)7(13-14)8(9,10)11/h3H,4H2,1H3. The Bertz CT molecular complexity index is 444. The summed E-state index contributed by atoms with van der Waals surface area (Å²) < 4.78 is 41.9. The highest BCUT2D eigenvalue weighted by molar-refractivity contribution is 5.68. The molecule has 8 heteroatoms. The van der Waals surface area contributed by atoms with Crippen LogP contribution in [0.2, 0.25) is 0 Å². The molecule has 16 heavy (non-hydrogen) atoms. The number of nitrogens with zero attached hydrogens (tertiary/aromatic N) is 3. The monoisotopic (exact) mass is 233 g/mol. The van der Waals surface area contributed by atoms with E-state index in [1.54, 1.807) is 0 Å². The first-order valence-corrected chi connectivity index (χ1v) is 4.00. The van der Waals surface area contributed by atoms with Gasteiger partial charge in [0.15, 0.2) is 5.69 Å². The summed E-state index contributed by atoms with van der Waals surface area (Å²) in [7, 11) is 1.10. The summed E-state index contributed by atoms with van der Waals surface area (Å²) in [5, 5.41) is 11.6. The number of carbonyl (C=O) groups excluding carboxylic acids is 1. The first-order chi connectivity index (χ1) is 7.38. The highest BCUT2D eigenvalue weighted by atomic mass is 19.4. The molecular formula is C8H6F3N3O2. The van der Waals surface area contributed by atoms with Crippen LogP contribution in [0.15, 0.2) is 6.20 Å². The second kappa shape index (κ2) is 4.22. The van der Waals surface area contributed by atoms with E-state index in [2.05, 4.69) is 9.84 Å². The molecule has 0 amide bonds. The van der Waals surface area contributed by atoms with Crippen LogP contribution < -0.4 is 0 Å². The largest absolute Gasteiger partial charge is 0.468 e. The predicted molar refractivity (Wildman–Crippen MR) is 44.0 cm³/mol. The van der Waals surface area contributed by atoms with Crippen LogP contribution in [0.5, 0.6) is 0 Å². The Morgan fingerprint density at radius 3 is 2.69 bits per heavy atom. The fourth-order valence-electron chi connectivity index (χ4n) is 0.990. The summed E-state index contributed by atoms with van der Waals surface area (Å²) in [6.07, 6.45) is -3.87. The first-order valence-electron chi connectivity index (χ1n) is 4.00. The van der Waals surface area contributed by atoms with Crippen molar-refractivity contribution >= 4 is 5.97 Å². The van der Waals surface area contributed by atoms with Gasteiger partial charge in [0, 0.05) is 6.20 Å². The number of esters is 1. The van der Waals surface area contributed by atoms with E-state index in [0.29, 0.717) is 4.68 Å². The van der Waals surface area contributed by atoms with Gasteiger partial charge in [-0.1, -0.05) is 0 Å². The number of nitriles is 1. The van der Waals surface area contributed by atoms with E-state index in [1.807, 2.05) is 0 Å². The van der Waals surface area contributed by atoms with Crippen LogP contribution in [0.25, 0.3) is 0 Å². The predicted octanol–water partition coefficient (Wildman–Crippen LogP) is 0.947. The molecule has 0 atom stereocenters. The molecule has 5 nitrogen and oxygen atoms in total. The highest BCUT2D eigenvalue weighted by Crippen LogP contribution is 2.30. The molecule has 0 aromatic carbocycles. The number of methoxy groups -OCH3 is 1. The number of aromatic nitrogens is 2. The van der Waals surface area contributed by atoms with Crippen LogP contribution in [0, 0.1) is 11.3 Å². The van der Waals surface area contributed by atoms with Crippen LogP contribution in [0.1, 0.15) is 11.3 Å². The number of hydrogen-bond acceptors (Lipinski definition) is 4. The topological polar surface area (TPSA) is 67.9 Å². The lowest BCUT2D eigenvalue weighted by molar-refractivity contribution is -0.144. The van der Waals surface area contributed by atoms with Crippen molar-refractivity contribution < 1.29 is 22.7 Å². The maximum absolute atomic E-state index is 12.3. The zero-order valence-electron chi connectivity index (χ0n) is 8.08. The molecule has 1 aromatic rings. The zero-order valence-corrected chi connectivity index (χ0v) is 8.08. The van der Waals surface area contributed by atoms with Crippen LogP contribution in [0.3, 0.4) is 0 Å². The second-order valence-corrected chi connectivity index (χ2v) is 2.77. The molecule has 0 unspecified atom stereocenters. The zero-order chi connectivity index (χ0) is 12.3. The van der Waals surface area contributed by atoms with E-state index in [1.165, 1.54) is 6.07 Å². The van der Waals surface area contributed by atoms with E-state index in [0.717, 1.165) is 13.3 Å².